The Hall–Kier alpha value is -0.870. The van der Waals surface area contributed by atoms with Gasteiger partial charge in [-0.15, -0.1) is 0 Å². The summed E-state index contributed by atoms with van der Waals surface area (Å²) in [7, 11) is 0. The van der Waals surface area contributed by atoms with Crippen LogP contribution in [0.15, 0.2) is 28.7 Å². The molecule has 3 rings (SSSR count). The standard InChI is InChI=1S/C17H23BrN2O/c18-15-6-4-14(5-7-15)17(21)19-9-1-2-10-20-12-13-3-8-16(20)11-13/h4-7,13,16H,1-3,8-12H2,(H,19,21)/t13-,16+/m1/s1. The van der Waals surface area contributed by atoms with Crippen molar-refractivity contribution in [2.45, 2.75) is 38.1 Å². The van der Waals surface area contributed by atoms with Crippen LogP contribution in [0, 0.1) is 5.92 Å². The maximum atomic E-state index is 11.9. The first kappa shape index (κ1) is 15.0. The molecule has 1 aliphatic carbocycles. The van der Waals surface area contributed by atoms with Crippen LogP contribution >= 0.6 is 15.9 Å². The van der Waals surface area contributed by atoms with Gasteiger partial charge in [-0.2, -0.15) is 0 Å². The topological polar surface area (TPSA) is 32.3 Å². The van der Waals surface area contributed by atoms with Gasteiger partial charge in [-0.3, -0.25) is 4.79 Å². The zero-order valence-electron chi connectivity index (χ0n) is 12.4. The summed E-state index contributed by atoms with van der Waals surface area (Å²) in [5.74, 6) is 1.01. The molecule has 2 bridgehead atoms. The Labute approximate surface area is 135 Å². The first-order chi connectivity index (χ1) is 10.2. The van der Waals surface area contributed by atoms with E-state index < -0.39 is 0 Å². The highest BCUT2D eigenvalue weighted by molar-refractivity contribution is 9.10. The van der Waals surface area contributed by atoms with Crippen molar-refractivity contribution in [3.63, 3.8) is 0 Å². The number of hydrogen-bond acceptors (Lipinski definition) is 2. The molecule has 114 valence electrons. The molecule has 1 aromatic rings. The van der Waals surface area contributed by atoms with Crippen LogP contribution in [0.4, 0.5) is 0 Å². The van der Waals surface area contributed by atoms with Crippen LogP contribution in [0.3, 0.4) is 0 Å². The SMILES string of the molecule is O=C(NCCCCN1C[C@@H]2CC[C@H]1C2)c1ccc(Br)cc1. The number of likely N-dealkylation sites (tertiary alicyclic amines) is 1. The molecule has 2 aliphatic rings. The molecule has 2 fully saturated rings. The van der Waals surface area contributed by atoms with Crippen molar-refractivity contribution >= 4 is 21.8 Å². The van der Waals surface area contributed by atoms with Crippen molar-refractivity contribution in [1.29, 1.82) is 0 Å². The number of carbonyl (C=O) groups is 1. The number of benzene rings is 1. The second kappa shape index (κ2) is 6.93. The largest absolute Gasteiger partial charge is 0.352 e. The van der Waals surface area contributed by atoms with Crippen molar-refractivity contribution in [3.8, 4) is 0 Å². The van der Waals surface area contributed by atoms with E-state index in [1.807, 2.05) is 24.3 Å². The molecule has 1 saturated carbocycles. The van der Waals surface area contributed by atoms with E-state index in [1.54, 1.807) is 0 Å². The first-order valence-electron chi connectivity index (χ1n) is 8.00. The molecule has 1 saturated heterocycles. The number of nitrogens with zero attached hydrogens (tertiary/aromatic N) is 1. The van der Waals surface area contributed by atoms with Crippen LogP contribution < -0.4 is 5.32 Å². The number of amides is 1. The van der Waals surface area contributed by atoms with Crippen LogP contribution in [0.1, 0.15) is 42.5 Å². The summed E-state index contributed by atoms with van der Waals surface area (Å²) in [5.41, 5.74) is 0.732. The monoisotopic (exact) mass is 350 g/mol. The van der Waals surface area contributed by atoms with Gasteiger partial charge in [-0.25, -0.2) is 0 Å². The maximum absolute atomic E-state index is 11.9. The second-order valence-electron chi connectivity index (χ2n) is 6.30. The predicted octanol–water partition coefficient (Wildman–Crippen LogP) is 3.44. The fourth-order valence-corrected chi connectivity index (χ4v) is 3.91. The summed E-state index contributed by atoms with van der Waals surface area (Å²) in [6, 6.07) is 8.36. The third-order valence-electron chi connectivity index (χ3n) is 4.79. The number of hydrogen-bond donors (Lipinski definition) is 1. The van der Waals surface area contributed by atoms with Gasteiger partial charge < -0.3 is 10.2 Å². The summed E-state index contributed by atoms with van der Waals surface area (Å²) in [4.78, 5) is 14.6. The molecular formula is C17H23BrN2O. The van der Waals surface area contributed by atoms with Crippen LogP contribution in [0.2, 0.25) is 0 Å². The number of piperidine rings is 1. The molecule has 2 atom stereocenters. The lowest BCUT2D eigenvalue weighted by molar-refractivity contribution is 0.0952. The van der Waals surface area contributed by atoms with Gasteiger partial charge in [-0.05, 0) is 68.8 Å². The predicted molar refractivity (Wildman–Crippen MR) is 88.4 cm³/mol. The number of fused-ring (bicyclic) bond motifs is 2. The third kappa shape index (κ3) is 3.86. The average molecular weight is 351 g/mol. The number of nitrogens with one attached hydrogen (secondary N) is 1. The van der Waals surface area contributed by atoms with E-state index in [2.05, 4.69) is 26.1 Å². The molecule has 0 unspecified atom stereocenters. The summed E-state index contributed by atoms with van der Waals surface area (Å²) in [5, 5.41) is 3.01. The minimum atomic E-state index is 0.0303. The Bertz CT molecular complexity index is 488. The first-order valence-corrected chi connectivity index (χ1v) is 8.79. The molecular weight excluding hydrogens is 328 g/mol. The normalized spacial score (nSPS) is 24.4. The Balaban J connectivity index is 1.31. The number of rotatable bonds is 6. The Morgan fingerprint density at radius 1 is 1.24 bits per heavy atom. The number of carbonyl (C=O) groups excluding carboxylic acids is 1. The quantitative estimate of drug-likeness (QED) is 0.797. The fraction of sp³-hybridized carbons (Fsp3) is 0.588. The Morgan fingerprint density at radius 2 is 2.05 bits per heavy atom. The molecule has 1 amide bonds. The average Bonchev–Trinajstić information content (AvgIpc) is 3.10. The molecule has 1 aliphatic heterocycles. The fourth-order valence-electron chi connectivity index (χ4n) is 3.65. The van der Waals surface area contributed by atoms with E-state index in [9.17, 15) is 4.79 Å². The minimum absolute atomic E-state index is 0.0303. The maximum Gasteiger partial charge on any atom is 0.251 e. The van der Waals surface area contributed by atoms with E-state index in [0.29, 0.717) is 0 Å². The molecule has 0 spiro atoms. The van der Waals surface area contributed by atoms with Gasteiger partial charge in [0.15, 0.2) is 0 Å². The van der Waals surface area contributed by atoms with Crippen molar-refractivity contribution < 1.29 is 4.79 Å². The number of halogens is 1. The third-order valence-corrected chi connectivity index (χ3v) is 5.32. The van der Waals surface area contributed by atoms with E-state index in [-0.39, 0.29) is 5.91 Å². The summed E-state index contributed by atoms with van der Waals surface area (Å²) in [6.07, 6.45) is 6.54. The molecule has 21 heavy (non-hydrogen) atoms. The lowest BCUT2D eigenvalue weighted by Gasteiger charge is -2.26. The second-order valence-corrected chi connectivity index (χ2v) is 7.21. The zero-order valence-corrected chi connectivity index (χ0v) is 13.9. The molecule has 0 aromatic heterocycles. The van der Waals surface area contributed by atoms with Gasteiger partial charge in [0.2, 0.25) is 0 Å². The van der Waals surface area contributed by atoms with E-state index in [0.717, 1.165) is 35.0 Å². The molecule has 4 heteroatoms. The minimum Gasteiger partial charge on any atom is -0.352 e. The lowest BCUT2D eigenvalue weighted by Crippen LogP contribution is -2.33. The van der Waals surface area contributed by atoms with E-state index >= 15 is 0 Å². The highest BCUT2D eigenvalue weighted by Gasteiger charge is 2.36. The molecule has 1 heterocycles. The van der Waals surface area contributed by atoms with Gasteiger partial charge in [0.1, 0.15) is 0 Å². The van der Waals surface area contributed by atoms with E-state index in [4.69, 9.17) is 0 Å². The summed E-state index contributed by atoms with van der Waals surface area (Å²) in [6.45, 7) is 3.29. The van der Waals surface area contributed by atoms with Crippen LogP contribution in [-0.4, -0.2) is 36.5 Å². The van der Waals surface area contributed by atoms with Crippen LogP contribution in [-0.2, 0) is 0 Å². The molecule has 0 radical (unpaired) electrons. The lowest BCUT2D eigenvalue weighted by atomic mass is 10.1. The van der Waals surface area contributed by atoms with E-state index in [1.165, 1.54) is 38.8 Å². The smallest absolute Gasteiger partial charge is 0.251 e. The van der Waals surface area contributed by atoms with Crippen molar-refractivity contribution in [2.75, 3.05) is 19.6 Å². The van der Waals surface area contributed by atoms with Crippen molar-refractivity contribution in [3.05, 3.63) is 34.3 Å². The van der Waals surface area contributed by atoms with Gasteiger partial charge in [0.05, 0.1) is 0 Å². The van der Waals surface area contributed by atoms with Crippen molar-refractivity contribution in [1.82, 2.24) is 10.2 Å². The van der Waals surface area contributed by atoms with Gasteiger partial charge in [0, 0.05) is 29.2 Å². The number of unbranched alkanes of at least 4 members (excludes halogenated alkanes) is 1. The Kier molecular flexibility index (Phi) is 4.96. The zero-order chi connectivity index (χ0) is 14.7. The molecule has 1 N–H and O–H groups in total. The molecule has 1 aromatic carbocycles. The summed E-state index contributed by atoms with van der Waals surface area (Å²) >= 11 is 3.38. The highest BCUT2D eigenvalue weighted by atomic mass is 79.9. The Morgan fingerprint density at radius 3 is 2.71 bits per heavy atom. The summed E-state index contributed by atoms with van der Waals surface area (Å²) < 4.78 is 0.999. The van der Waals surface area contributed by atoms with Gasteiger partial charge in [-0.1, -0.05) is 15.9 Å². The van der Waals surface area contributed by atoms with Crippen LogP contribution in [0.5, 0.6) is 0 Å². The van der Waals surface area contributed by atoms with Gasteiger partial charge >= 0.3 is 0 Å². The van der Waals surface area contributed by atoms with Crippen molar-refractivity contribution in [2.24, 2.45) is 5.92 Å². The highest BCUT2D eigenvalue weighted by Crippen LogP contribution is 2.37. The molecule has 3 nitrogen and oxygen atoms in total. The van der Waals surface area contributed by atoms with Crippen LogP contribution in [0.25, 0.3) is 0 Å². The van der Waals surface area contributed by atoms with Gasteiger partial charge in [0.25, 0.3) is 5.91 Å².